The zero-order valence-electron chi connectivity index (χ0n) is 14.2. The molecule has 25 heavy (non-hydrogen) atoms. The van der Waals surface area contributed by atoms with Crippen LogP contribution in [0, 0.1) is 0 Å². The average molecular weight is 370 g/mol. The van der Waals surface area contributed by atoms with Gasteiger partial charge in [0.25, 0.3) is 0 Å². The van der Waals surface area contributed by atoms with Crippen molar-refractivity contribution in [1.82, 2.24) is 4.98 Å². The summed E-state index contributed by atoms with van der Waals surface area (Å²) < 4.78 is 39.2. The van der Waals surface area contributed by atoms with Crippen LogP contribution >= 0.6 is 11.8 Å². The molecule has 0 bridgehead atoms. The van der Waals surface area contributed by atoms with Gasteiger partial charge in [-0.15, -0.1) is 11.8 Å². The van der Waals surface area contributed by atoms with E-state index in [0.717, 1.165) is 29.7 Å². The number of aliphatic hydroxyl groups is 1. The first-order valence-corrected chi connectivity index (χ1v) is 9.17. The predicted molar refractivity (Wildman–Crippen MR) is 95.8 cm³/mol. The summed E-state index contributed by atoms with van der Waals surface area (Å²) in [7, 11) is 0. The molecule has 0 amide bonds. The number of alkyl halides is 3. The predicted octanol–water partition coefficient (Wildman–Crippen LogP) is 5.52. The first kappa shape index (κ1) is 19.6. The van der Waals surface area contributed by atoms with Crippen LogP contribution in [-0.2, 0) is 18.6 Å². The lowest BCUT2D eigenvalue weighted by molar-refractivity contribution is -0.0925. The minimum Gasteiger partial charge on any atom is -0.508 e. The Kier molecular flexibility index (Phi) is 6.70. The van der Waals surface area contributed by atoms with Crippen molar-refractivity contribution in [2.45, 2.75) is 51.5 Å². The molecule has 0 radical (unpaired) electrons. The van der Waals surface area contributed by atoms with E-state index in [9.17, 15) is 18.3 Å². The standard InChI is InChI=1S/C18H21F3N2OS/c1-3-12-8-9-22-15(4-2)14(12)11-25-17-7-5-6-13(24)10-16(23-17)18(19,20)21/h6,8-10,24H,3-5,7,11H2,1-2H3/b13-6+,16-10-,23-17?. The number of pyridine rings is 1. The molecule has 3 nitrogen and oxygen atoms in total. The molecule has 2 heterocycles. The minimum absolute atomic E-state index is 0.366. The Balaban J connectivity index is 2.26. The number of hydrogen-bond acceptors (Lipinski definition) is 4. The van der Waals surface area contributed by atoms with Crippen molar-refractivity contribution in [3.8, 4) is 0 Å². The van der Waals surface area contributed by atoms with Crippen LogP contribution < -0.4 is 0 Å². The molecule has 0 fully saturated rings. The van der Waals surface area contributed by atoms with E-state index in [1.54, 1.807) is 6.20 Å². The number of halogens is 3. The molecule has 136 valence electrons. The highest BCUT2D eigenvalue weighted by atomic mass is 32.2. The van der Waals surface area contributed by atoms with Crippen LogP contribution in [0.2, 0.25) is 0 Å². The van der Waals surface area contributed by atoms with Gasteiger partial charge in [-0.05, 0) is 49.0 Å². The van der Waals surface area contributed by atoms with E-state index in [1.165, 1.54) is 17.8 Å². The van der Waals surface area contributed by atoms with Crippen LogP contribution in [0.3, 0.4) is 0 Å². The lowest BCUT2D eigenvalue weighted by Gasteiger charge is -2.15. The maximum atomic E-state index is 13.1. The summed E-state index contributed by atoms with van der Waals surface area (Å²) in [5.41, 5.74) is 2.15. The molecule has 0 spiro atoms. The van der Waals surface area contributed by atoms with Crippen LogP contribution in [0.25, 0.3) is 0 Å². The molecule has 0 saturated carbocycles. The van der Waals surface area contributed by atoms with Crippen molar-refractivity contribution in [3.05, 3.63) is 52.7 Å². The summed E-state index contributed by atoms with van der Waals surface area (Å²) in [6.45, 7) is 4.07. The number of nitrogens with zero attached hydrogens (tertiary/aromatic N) is 2. The Bertz CT molecular complexity index is 687. The summed E-state index contributed by atoms with van der Waals surface area (Å²) in [6.07, 6.45) is 1.69. The van der Waals surface area contributed by atoms with Gasteiger partial charge in [0.2, 0.25) is 0 Å². The highest BCUT2D eigenvalue weighted by Gasteiger charge is 2.34. The van der Waals surface area contributed by atoms with Gasteiger partial charge in [0.1, 0.15) is 11.5 Å². The fourth-order valence-electron chi connectivity index (χ4n) is 2.56. The van der Waals surface area contributed by atoms with Gasteiger partial charge >= 0.3 is 6.18 Å². The lowest BCUT2D eigenvalue weighted by Crippen LogP contribution is -2.13. The van der Waals surface area contributed by atoms with E-state index in [0.29, 0.717) is 29.7 Å². The largest absolute Gasteiger partial charge is 0.508 e. The van der Waals surface area contributed by atoms with E-state index >= 15 is 0 Å². The van der Waals surface area contributed by atoms with Crippen LogP contribution in [0.5, 0.6) is 0 Å². The van der Waals surface area contributed by atoms with Crippen LogP contribution in [-0.4, -0.2) is 21.3 Å². The number of aliphatic hydroxyl groups excluding tert-OH is 1. The van der Waals surface area contributed by atoms with Crippen molar-refractivity contribution >= 4 is 16.8 Å². The number of allylic oxidation sites excluding steroid dienone is 3. The number of aryl methyl sites for hydroxylation is 2. The van der Waals surface area contributed by atoms with Crippen LogP contribution in [0.15, 0.2) is 40.9 Å². The zero-order chi connectivity index (χ0) is 18.4. The van der Waals surface area contributed by atoms with Gasteiger partial charge in [-0.1, -0.05) is 13.8 Å². The Morgan fingerprint density at radius 2 is 2.00 bits per heavy atom. The lowest BCUT2D eigenvalue weighted by atomic mass is 10.0. The van der Waals surface area contributed by atoms with Crippen LogP contribution in [0.4, 0.5) is 13.2 Å². The topological polar surface area (TPSA) is 45.5 Å². The van der Waals surface area contributed by atoms with E-state index < -0.39 is 17.6 Å². The normalized spacial score (nSPS) is 20.0. The quantitative estimate of drug-likeness (QED) is 0.759. The maximum Gasteiger partial charge on any atom is 0.433 e. The molecule has 0 unspecified atom stereocenters. The molecule has 0 atom stereocenters. The van der Waals surface area contributed by atoms with E-state index in [4.69, 9.17) is 0 Å². The second kappa shape index (κ2) is 8.56. The molecule has 0 saturated heterocycles. The Morgan fingerprint density at radius 3 is 2.64 bits per heavy atom. The summed E-state index contributed by atoms with van der Waals surface area (Å²) in [5.74, 6) is 0.147. The third kappa shape index (κ3) is 5.36. The van der Waals surface area contributed by atoms with E-state index in [1.807, 2.05) is 19.9 Å². The van der Waals surface area contributed by atoms with Crippen LogP contribution in [0.1, 0.15) is 43.5 Å². The SMILES string of the molecule is CCc1ccnc(CC)c1CSC1=N/C(C(F)(F)F)=C\C(O)=C/CC1. The number of rotatable bonds is 4. The van der Waals surface area contributed by atoms with Crippen molar-refractivity contribution in [2.24, 2.45) is 4.99 Å². The number of aliphatic imine (C=N–C) groups is 1. The molecular weight excluding hydrogens is 349 g/mol. The summed E-state index contributed by atoms with van der Waals surface area (Å²) >= 11 is 1.31. The van der Waals surface area contributed by atoms with Gasteiger partial charge in [0, 0.05) is 23.7 Å². The molecule has 2 rings (SSSR count). The fourth-order valence-corrected chi connectivity index (χ4v) is 3.65. The molecule has 1 aliphatic rings. The fraction of sp³-hybridized carbons (Fsp3) is 0.444. The average Bonchev–Trinajstić information content (AvgIpc) is 2.55. The second-order valence-electron chi connectivity index (χ2n) is 5.59. The maximum absolute atomic E-state index is 13.1. The summed E-state index contributed by atoms with van der Waals surface area (Å²) in [5, 5.41) is 9.90. The Morgan fingerprint density at radius 1 is 1.24 bits per heavy atom. The van der Waals surface area contributed by atoms with Gasteiger partial charge in [-0.2, -0.15) is 13.2 Å². The van der Waals surface area contributed by atoms with Crippen molar-refractivity contribution < 1.29 is 18.3 Å². The Hall–Kier alpha value is -1.76. The van der Waals surface area contributed by atoms with Crippen molar-refractivity contribution in [2.75, 3.05) is 0 Å². The van der Waals surface area contributed by atoms with Gasteiger partial charge in [0.15, 0.2) is 0 Å². The molecule has 0 aliphatic carbocycles. The first-order chi connectivity index (χ1) is 11.8. The third-order valence-corrected chi connectivity index (χ3v) is 4.93. The molecule has 1 aromatic heterocycles. The molecular formula is C18H21F3N2OS. The summed E-state index contributed by atoms with van der Waals surface area (Å²) in [6, 6.07) is 1.96. The molecule has 1 aliphatic heterocycles. The van der Waals surface area contributed by atoms with E-state index in [2.05, 4.69) is 9.98 Å². The van der Waals surface area contributed by atoms with Gasteiger partial charge in [-0.3, -0.25) is 4.98 Å². The van der Waals surface area contributed by atoms with Gasteiger partial charge in [0.05, 0.1) is 5.04 Å². The third-order valence-electron chi connectivity index (χ3n) is 3.87. The monoisotopic (exact) mass is 370 g/mol. The van der Waals surface area contributed by atoms with Gasteiger partial charge < -0.3 is 5.11 Å². The summed E-state index contributed by atoms with van der Waals surface area (Å²) in [4.78, 5) is 8.16. The second-order valence-corrected chi connectivity index (χ2v) is 6.64. The molecule has 0 aromatic carbocycles. The Labute approximate surface area is 149 Å². The molecule has 1 aromatic rings. The minimum atomic E-state index is -4.59. The van der Waals surface area contributed by atoms with Gasteiger partial charge in [-0.25, -0.2) is 4.99 Å². The van der Waals surface area contributed by atoms with Crippen molar-refractivity contribution in [3.63, 3.8) is 0 Å². The molecule has 1 N–H and O–H groups in total. The highest BCUT2D eigenvalue weighted by molar-refractivity contribution is 8.13. The molecule has 7 heteroatoms. The number of aromatic nitrogens is 1. The number of hydrogen-bond donors (Lipinski definition) is 1. The number of thioether (sulfide) groups is 1. The zero-order valence-corrected chi connectivity index (χ0v) is 15.0. The smallest absolute Gasteiger partial charge is 0.433 e. The van der Waals surface area contributed by atoms with E-state index in [-0.39, 0.29) is 0 Å². The highest BCUT2D eigenvalue weighted by Crippen LogP contribution is 2.31. The first-order valence-electron chi connectivity index (χ1n) is 8.19. The van der Waals surface area contributed by atoms with Crippen molar-refractivity contribution in [1.29, 1.82) is 0 Å².